The van der Waals surface area contributed by atoms with Crippen LogP contribution < -0.4 is 5.32 Å². The fourth-order valence-corrected chi connectivity index (χ4v) is 11.1. The zero-order valence-electron chi connectivity index (χ0n) is 26.5. The van der Waals surface area contributed by atoms with Gasteiger partial charge in [0.15, 0.2) is 11.8 Å². The van der Waals surface area contributed by atoms with Gasteiger partial charge in [0.2, 0.25) is 5.91 Å². The molecule has 5 aliphatic rings. The second-order valence-electron chi connectivity index (χ2n) is 16.7. The Morgan fingerprint density at radius 3 is 2.20 bits per heavy atom. The molecule has 0 aliphatic heterocycles. The molecule has 4 saturated carbocycles. The van der Waals surface area contributed by atoms with Crippen LogP contribution in [-0.2, 0) is 14.4 Å². The number of carboxylic acid groups (broad SMARTS) is 1. The topological polar surface area (TPSA) is 124 Å². The molecule has 1 amide bonds. The molecule has 4 fully saturated rings. The van der Waals surface area contributed by atoms with Crippen LogP contribution in [0.4, 0.5) is 0 Å². The number of amides is 1. The van der Waals surface area contributed by atoms with Gasteiger partial charge in [-0.2, -0.15) is 0 Å². The Morgan fingerprint density at radius 2 is 1.59 bits per heavy atom. The lowest BCUT2D eigenvalue weighted by atomic mass is 9.33. The molecule has 230 valence electrons. The van der Waals surface area contributed by atoms with Gasteiger partial charge in [0.25, 0.3) is 0 Å². The van der Waals surface area contributed by atoms with Gasteiger partial charge in [-0.15, -0.1) is 0 Å². The standard InChI is InChI=1S/C34H53NO6/c1-19(36)25(27(39)40)35-28(41)31(5)14-13-30(4)15-16-33(7)20(21(30)18-31)17-22(37)26-32(6)11-10-24(38)29(2,3)23(32)9-12-34(26,33)8/h17,19,21,23-26,36,38H,9-16,18H2,1-8H3,(H,35,41)(H,39,40)/t19?,21-,23-,24-,25?,26+,30+,31-,32-,33+,34+/m0/s1. The van der Waals surface area contributed by atoms with E-state index in [-0.39, 0.29) is 62.6 Å². The van der Waals surface area contributed by atoms with Crippen LogP contribution in [0, 0.1) is 50.2 Å². The Hall–Kier alpha value is -1.73. The highest BCUT2D eigenvalue weighted by atomic mass is 16.4. The van der Waals surface area contributed by atoms with Gasteiger partial charge in [0.1, 0.15) is 0 Å². The van der Waals surface area contributed by atoms with Gasteiger partial charge in [-0.05, 0) is 110 Å². The fourth-order valence-electron chi connectivity index (χ4n) is 11.1. The number of aliphatic carboxylic acids is 1. The van der Waals surface area contributed by atoms with Gasteiger partial charge in [0.05, 0.1) is 12.2 Å². The maximum atomic E-state index is 14.4. The first-order valence-corrected chi connectivity index (χ1v) is 15.9. The fraction of sp³-hybridized carbons (Fsp3) is 0.853. The number of aliphatic hydroxyl groups is 2. The summed E-state index contributed by atoms with van der Waals surface area (Å²) in [4.78, 5) is 39.8. The summed E-state index contributed by atoms with van der Waals surface area (Å²) in [5.74, 6) is -1.11. The van der Waals surface area contributed by atoms with E-state index in [1.54, 1.807) is 0 Å². The normalized spacial score (nSPS) is 48.3. The molecule has 4 N–H and O–H groups in total. The summed E-state index contributed by atoms with van der Waals surface area (Å²) in [6, 6.07) is -1.35. The lowest BCUT2D eigenvalue weighted by molar-refractivity contribution is -0.202. The predicted molar refractivity (Wildman–Crippen MR) is 157 cm³/mol. The van der Waals surface area contributed by atoms with Crippen molar-refractivity contribution in [3.8, 4) is 0 Å². The number of hydrogen-bond acceptors (Lipinski definition) is 5. The number of ketones is 1. The number of carbonyl (C=O) groups is 3. The zero-order valence-corrected chi connectivity index (χ0v) is 26.5. The van der Waals surface area contributed by atoms with Gasteiger partial charge in [-0.25, -0.2) is 4.79 Å². The first-order valence-electron chi connectivity index (χ1n) is 15.9. The van der Waals surface area contributed by atoms with Crippen LogP contribution in [0.3, 0.4) is 0 Å². The molecule has 2 unspecified atom stereocenters. The predicted octanol–water partition coefficient (Wildman–Crippen LogP) is 5.28. The average Bonchev–Trinajstić information content (AvgIpc) is 2.86. The second kappa shape index (κ2) is 9.38. The molecule has 7 nitrogen and oxygen atoms in total. The van der Waals surface area contributed by atoms with E-state index in [2.05, 4.69) is 46.9 Å². The number of allylic oxidation sites excluding steroid dienone is 2. The van der Waals surface area contributed by atoms with Crippen molar-refractivity contribution in [2.75, 3.05) is 0 Å². The Balaban J connectivity index is 1.53. The van der Waals surface area contributed by atoms with Crippen molar-refractivity contribution in [3.63, 3.8) is 0 Å². The molecular weight excluding hydrogens is 518 g/mol. The highest BCUT2D eigenvalue weighted by Gasteiger charge is 2.70. The molecule has 0 saturated heterocycles. The van der Waals surface area contributed by atoms with E-state index in [1.807, 2.05) is 13.0 Å². The molecule has 0 heterocycles. The van der Waals surface area contributed by atoms with Crippen molar-refractivity contribution >= 4 is 17.7 Å². The number of rotatable bonds is 4. The first kappa shape index (κ1) is 30.7. The van der Waals surface area contributed by atoms with Gasteiger partial charge >= 0.3 is 5.97 Å². The van der Waals surface area contributed by atoms with E-state index in [0.717, 1.165) is 44.9 Å². The molecule has 0 aromatic carbocycles. The van der Waals surface area contributed by atoms with Crippen molar-refractivity contribution in [2.45, 2.75) is 131 Å². The van der Waals surface area contributed by atoms with Crippen LogP contribution in [0.25, 0.3) is 0 Å². The molecule has 7 heteroatoms. The van der Waals surface area contributed by atoms with Crippen LogP contribution in [-0.4, -0.2) is 51.2 Å². The molecule has 0 aromatic heterocycles. The molecular formula is C34H53NO6. The van der Waals surface area contributed by atoms with E-state index in [9.17, 15) is 29.7 Å². The molecule has 0 spiro atoms. The van der Waals surface area contributed by atoms with E-state index in [1.165, 1.54) is 12.5 Å². The first-order chi connectivity index (χ1) is 18.8. The molecule has 5 aliphatic carbocycles. The van der Waals surface area contributed by atoms with Crippen LogP contribution in [0.15, 0.2) is 11.6 Å². The number of hydrogen-bond donors (Lipinski definition) is 4. The third kappa shape index (κ3) is 4.14. The van der Waals surface area contributed by atoms with Crippen molar-refractivity contribution in [1.82, 2.24) is 5.32 Å². The summed E-state index contributed by atoms with van der Waals surface area (Å²) in [6.45, 7) is 17.0. The van der Waals surface area contributed by atoms with Crippen LogP contribution >= 0.6 is 0 Å². The summed E-state index contributed by atoms with van der Waals surface area (Å²) < 4.78 is 0. The summed E-state index contributed by atoms with van der Waals surface area (Å²) in [5, 5.41) is 33.1. The summed E-state index contributed by atoms with van der Waals surface area (Å²) in [5.41, 5.74) is -0.410. The van der Waals surface area contributed by atoms with Crippen LogP contribution in [0.1, 0.15) is 113 Å². The van der Waals surface area contributed by atoms with E-state index in [4.69, 9.17) is 0 Å². The van der Waals surface area contributed by atoms with Crippen molar-refractivity contribution in [1.29, 1.82) is 0 Å². The molecule has 0 radical (unpaired) electrons. The molecule has 0 aromatic rings. The second-order valence-corrected chi connectivity index (χ2v) is 16.7. The monoisotopic (exact) mass is 571 g/mol. The lowest BCUT2D eigenvalue weighted by Gasteiger charge is -2.70. The average molecular weight is 572 g/mol. The Morgan fingerprint density at radius 1 is 0.951 bits per heavy atom. The third-order valence-electron chi connectivity index (χ3n) is 14.1. The van der Waals surface area contributed by atoms with Crippen molar-refractivity contribution in [2.24, 2.45) is 50.2 Å². The Kier molecular flexibility index (Phi) is 7.03. The number of aliphatic hydroxyl groups excluding tert-OH is 2. The summed E-state index contributed by atoms with van der Waals surface area (Å²) in [6.07, 6.45) is 8.08. The third-order valence-corrected chi connectivity index (χ3v) is 14.1. The maximum absolute atomic E-state index is 14.4. The number of fused-ring (bicyclic) bond motifs is 7. The molecule has 0 bridgehead atoms. The summed E-state index contributed by atoms with van der Waals surface area (Å²) in [7, 11) is 0. The minimum Gasteiger partial charge on any atom is -0.480 e. The van der Waals surface area contributed by atoms with Crippen molar-refractivity contribution in [3.05, 3.63) is 11.6 Å². The molecule has 11 atom stereocenters. The van der Waals surface area contributed by atoms with Gasteiger partial charge in [0, 0.05) is 11.3 Å². The minimum atomic E-state index is -1.35. The SMILES string of the molecule is CC(O)C(NC(=O)[C@@]1(C)CC[C@]2(C)CC[C@]3(C)C(=CC(=O)[C@@H]4[C@@]5(C)CC[C@H](O)C(C)(C)[C@@H]5CC[C@]43C)[C@@H]2C1)C(=O)O. The molecule has 5 rings (SSSR count). The van der Waals surface area contributed by atoms with Gasteiger partial charge < -0.3 is 20.6 Å². The largest absolute Gasteiger partial charge is 0.480 e. The number of carbonyl (C=O) groups excluding carboxylic acids is 2. The highest BCUT2D eigenvalue weighted by Crippen LogP contribution is 2.75. The Labute approximate surface area is 245 Å². The van der Waals surface area contributed by atoms with Gasteiger partial charge in [-0.1, -0.05) is 54.0 Å². The highest BCUT2D eigenvalue weighted by molar-refractivity contribution is 5.96. The minimum absolute atomic E-state index is 0.0247. The Bertz CT molecular complexity index is 1180. The van der Waals surface area contributed by atoms with Crippen molar-refractivity contribution < 1.29 is 29.7 Å². The van der Waals surface area contributed by atoms with Crippen LogP contribution in [0.2, 0.25) is 0 Å². The van der Waals surface area contributed by atoms with E-state index >= 15 is 0 Å². The smallest absolute Gasteiger partial charge is 0.328 e. The number of carboxylic acids is 1. The zero-order chi connectivity index (χ0) is 30.6. The summed E-state index contributed by atoms with van der Waals surface area (Å²) >= 11 is 0. The van der Waals surface area contributed by atoms with Gasteiger partial charge in [-0.3, -0.25) is 9.59 Å². The van der Waals surface area contributed by atoms with Crippen LogP contribution in [0.5, 0.6) is 0 Å². The molecule has 41 heavy (non-hydrogen) atoms. The maximum Gasteiger partial charge on any atom is 0.328 e. The van der Waals surface area contributed by atoms with E-state index < -0.39 is 23.5 Å². The number of nitrogens with one attached hydrogen (secondary N) is 1. The van der Waals surface area contributed by atoms with E-state index in [0.29, 0.717) is 12.8 Å². The lowest BCUT2D eigenvalue weighted by Crippen LogP contribution is -2.66. The quantitative estimate of drug-likeness (QED) is 0.364.